The maximum Gasteiger partial charge on any atom is 0.148 e. The minimum absolute atomic E-state index is 0.861. The smallest absolute Gasteiger partial charge is 0.148 e. The first-order valence-corrected chi connectivity index (χ1v) is 5.39. The molecule has 0 aromatic carbocycles. The number of anilines is 1. The molecule has 2 heterocycles. The lowest BCUT2D eigenvalue weighted by Gasteiger charge is -1.87. The van der Waals surface area contributed by atoms with E-state index in [2.05, 4.69) is 37.5 Å². The van der Waals surface area contributed by atoms with Gasteiger partial charge in [0, 0.05) is 13.1 Å². The molecule has 0 aliphatic rings. The number of rotatable bonds is 2. The molecule has 0 fully saturated rings. The van der Waals surface area contributed by atoms with Crippen LogP contribution in [0.3, 0.4) is 0 Å². The Morgan fingerprint density at radius 3 is 2.92 bits per heavy atom. The van der Waals surface area contributed by atoms with Gasteiger partial charge in [0.05, 0.1) is 14.4 Å². The number of aromatic nitrogens is 2. The molecule has 2 aromatic heterocycles. The second-order valence-electron chi connectivity index (χ2n) is 2.52. The highest BCUT2D eigenvalue weighted by Gasteiger charge is 2.04. The normalized spacial score (nSPS) is 10.3. The highest BCUT2D eigenvalue weighted by Crippen LogP contribution is 2.30. The van der Waals surface area contributed by atoms with Crippen LogP contribution in [-0.2, 0) is 0 Å². The van der Waals surface area contributed by atoms with E-state index in [0.29, 0.717) is 0 Å². The van der Waals surface area contributed by atoms with Crippen molar-refractivity contribution in [3.8, 4) is 10.6 Å². The van der Waals surface area contributed by atoms with E-state index in [4.69, 9.17) is 0 Å². The van der Waals surface area contributed by atoms with Crippen LogP contribution in [0.1, 0.15) is 0 Å². The molecular formula is C8H8BrN3S. The Morgan fingerprint density at radius 1 is 1.54 bits per heavy atom. The molecule has 0 aliphatic carbocycles. The van der Waals surface area contributed by atoms with Gasteiger partial charge >= 0.3 is 0 Å². The van der Waals surface area contributed by atoms with Gasteiger partial charge in [0.25, 0.3) is 0 Å². The third-order valence-corrected chi connectivity index (χ3v) is 3.33. The fraction of sp³-hybridized carbons (Fsp3) is 0.125. The third kappa shape index (κ3) is 1.76. The molecule has 0 unspecified atom stereocenters. The minimum Gasteiger partial charge on any atom is -0.372 e. The van der Waals surface area contributed by atoms with Gasteiger partial charge in [-0.05, 0) is 28.1 Å². The van der Waals surface area contributed by atoms with Gasteiger partial charge in [-0.3, -0.25) is 5.10 Å². The summed E-state index contributed by atoms with van der Waals surface area (Å²) in [7, 11) is 1.85. The number of hydrogen-bond acceptors (Lipinski definition) is 3. The molecule has 0 bridgehead atoms. The molecule has 0 saturated heterocycles. The Kier molecular flexibility index (Phi) is 2.37. The maximum atomic E-state index is 4.08. The number of thiophene rings is 1. The predicted molar refractivity (Wildman–Crippen MR) is 59.1 cm³/mol. The summed E-state index contributed by atoms with van der Waals surface area (Å²) in [5.41, 5.74) is 1.04. The molecule has 5 heteroatoms. The van der Waals surface area contributed by atoms with Crippen LogP contribution in [0, 0.1) is 0 Å². The lowest BCUT2D eigenvalue weighted by Crippen LogP contribution is -1.85. The van der Waals surface area contributed by atoms with Gasteiger partial charge in [0.15, 0.2) is 0 Å². The quantitative estimate of drug-likeness (QED) is 0.869. The topological polar surface area (TPSA) is 40.7 Å². The largest absolute Gasteiger partial charge is 0.372 e. The Morgan fingerprint density at radius 2 is 2.38 bits per heavy atom. The summed E-state index contributed by atoms with van der Waals surface area (Å²) >= 11 is 5.10. The summed E-state index contributed by atoms with van der Waals surface area (Å²) in [6, 6.07) is 6.07. The maximum absolute atomic E-state index is 4.08. The zero-order valence-electron chi connectivity index (χ0n) is 6.97. The van der Waals surface area contributed by atoms with Gasteiger partial charge in [-0.2, -0.15) is 5.10 Å². The van der Waals surface area contributed by atoms with Crippen LogP contribution in [0.4, 0.5) is 5.82 Å². The van der Waals surface area contributed by atoms with E-state index < -0.39 is 0 Å². The summed E-state index contributed by atoms with van der Waals surface area (Å²) in [6.07, 6.45) is 0. The van der Waals surface area contributed by atoms with Crippen LogP contribution >= 0.6 is 27.3 Å². The SMILES string of the molecule is CNc1cc(-c2ccc(Br)s2)[nH]n1. The fourth-order valence-corrected chi connectivity index (χ4v) is 2.39. The summed E-state index contributed by atoms with van der Waals surface area (Å²) in [5.74, 6) is 0.861. The third-order valence-electron chi connectivity index (χ3n) is 1.67. The first-order valence-electron chi connectivity index (χ1n) is 3.78. The second-order valence-corrected chi connectivity index (χ2v) is 4.98. The first-order chi connectivity index (χ1) is 6.29. The second kappa shape index (κ2) is 3.51. The molecule has 3 nitrogen and oxygen atoms in total. The van der Waals surface area contributed by atoms with E-state index in [1.54, 1.807) is 11.3 Å². The van der Waals surface area contributed by atoms with Crippen LogP contribution in [-0.4, -0.2) is 17.2 Å². The standard InChI is InChI=1S/C8H8BrN3S/c1-10-8-4-5(11-12-8)6-2-3-7(9)13-6/h2-4H,1H3,(H2,10,11,12). The van der Waals surface area contributed by atoms with Crippen molar-refractivity contribution in [2.24, 2.45) is 0 Å². The van der Waals surface area contributed by atoms with E-state index in [-0.39, 0.29) is 0 Å². The van der Waals surface area contributed by atoms with Gasteiger partial charge < -0.3 is 5.32 Å². The fourth-order valence-electron chi connectivity index (χ4n) is 1.04. The van der Waals surface area contributed by atoms with Crippen molar-refractivity contribution >= 4 is 33.1 Å². The van der Waals surface area contributed by atoms with Crippen LogP contribution < -0.4 is 5.32 Å². The number of H-pyrrole nitrogens is 1. The highest BCUT2D eigenvalue weighted by atomic mass is 79.9. The van der Waals surface area contributed by atoms with Gasteiger partial charge in [0.2, 0.25) is 0 Å². The zero-order chi connectivity index (χ0) is 9.26. The molecule has 0 radical (unpaired) electrons. The number of nitrogens with zero attached hydrogens (tertiary/aromatic N) is 1. The molecule has 2 N–H and O–H groups in total. The molecule has 68 valence electrons. The van der Waals surface area contributed by atoms with Gasteiger partial charge in [0.1, 0.15) is 5.82 Å². The molecule has 13 heavy (non-hydrogen) atoms. The summed E-state index contributed by atoms with van der Waals surface area (Å²) in [6.45, 7) is 0. The van der Waals surface area contributed by atoms with Crippen molar-refractivity contribution in [3.63, 3.8) is 0 Å². The van der Waals surface area contributed by atoms with Crippen molar-refractivity contribution < 1.29 is 0 Å². The summed E-state index contributed by atoms with van der Waals surface area (Å²) in [4.78, 5) is 1.18. The Labute approximate surface area is 88.3 Å². The van der Waals surface area contributed by atoms with Crippen molar-refractivity contribution in [1.82, 2.24) is 10.2 Å². The van der Waals surface area contributed by atoms with Crippen molar-refractivity contribution in [1.29, 1.82) is 0 Å². The molecule has 0 saturated carbocycles. The molecule has 0 spiro atoms. The molecular weight excluding hydrogens is 250 g/mol. The summed E-state index contributed by atoms with van der Waals surface area (Å²) < 4.78 is 1.13. The monoisotopic (exact) mass is 257 g/mol. The highest BCUT2D eigenvalue weighted by molar-refractivity contribution is 9.11. The van der Waals surface area contributed by atoms with Crippen LogP contribution in [0.5, 0.6) is 0 Å². The van der Waals surface area contributed by atoms with Crippen LogP contribution in [0.2, 0.25) is 0 Å². The number of hydrogen-bond donors (Lipinski definition) is 2. The molecule has 0 atom stereocenters. The van der Waals surface area contributed by atoms with E-state index >= 15 is 0 Å². The first kappa shape index (κ1) is 8.77. The average Bonchev–Trinajstić information content (AvgIpc) is 2.71. The Bertz CT molecular complexity index is 407. The van der Waals surface area contributed by atoms with E-state index in [9.17, 15) is 0 Å². The Hall–Kier alpha value is -0.810. The van der Waals surface area contributed by atoms with E-state index in [1.807, 2.05) is 19.2 Å². The molecule has 2 rings (SSSR count). The van der Waals surface area contributed by atoms with E-state index in [1.165, 1.54) is 4.88 Å². The van der Waals surface area contributed by atoms with Gasteiger partial charge in [-0.15, -0.1) is 11.3 Å². The number of halogens is 1. The minimum atomic E-state index is 0.861. The lowest BCUT2D eigenvalue weighted by molar-refractivity contribution is 1.09. The van der Waals surface area contributed by atoms with E-state index in [0.717, 1.165) is 15.3 Å². The molecule has 0 aliphatic heterocycles. The van der Waals surface area contributed by atoms with Crippen molar-refractivity contribution in [2.75, 3.05) is 12.4 Å². The van der Waals surface area contributed by atoms with Crippen molar-refractivity contribution in [2.45, 2.75) is 0 Å². The molecule has 0 amide bonds. The van der Waals surface area contributed by atoms with Gasteiger partial charge in [-0.1, -0.05) is 0 Å². The van der Waals surface area contributed by atoms with Crippen LogP contribution in [0.25, 0.3) is 10.6 Å². The molecule has 2 aromatic rings. The number of aromatic amines is 1. The zero-order valence-corrected chi connectivity index (χ0v) is 9.37. The summed E-state index contributed by atoms with van der Waals surface area (Å²) in [5, 5.41) is 10.0. The van der Waals surface area contributed by atoms with Crippen LogP contribution in [0.15, 0.2) is 22.0 Å². The van der Waals surface area contributed by atoms with Crippen molar-refractivity contribution in [3.05, 3.63) is 22.0 Å². The lowest BCUT2D eigenvalue weighted by atomic mass is 10.3. The average molecular weight is 258 g/mol. The number of nitrogens with one attached hydrogen (secondary N) is 2. The Balaban J connectivity index is 2.35. The predicted octanol–water partition coefficient (Wildman–Crippen LogP) is 2.94. The van der Waals surface area contributed by atoms with Gasteiger partial charge in [-0.25, -0.2) is 0 Å².